The molecule has 0 saturated carbocycles. The van der Waals surface area contributed by atoms with Crippen molar-refractivity contribution in [1.29, 1.82) is 0 Å². The molecule has 0 fully saturated rings. The smallest absolute Gasteiger partial charge is 0.404 e. The fourth-order valence-corrected chi connectivity index (χ4v) is 3.24. The van der Waals surface area contributed by atoms with E-state index in [9.17, 15) is 9.90 Å². The van der Waals surface area contributed by atoms with Crippen LogP contribution in [-0.4, -0.2) is 39.9 Å². The van der Waals surface area contributed by atoms with E-state index in [1.807, 2.05) is 50.2 Å². The van der Waals surface area contributed by atoms with Crippen molar-refractivity contribution in [3.05, 3.63) is 71.8 Å². The van der Waals surface area contributed by atoms with Crippen molar-refractivity contribution >= 4 is 6.09 Å². The van der Waals surface area contributed by atoms with Gasteiger partial charge in [-0.3, -0.25) is 4.90 Å². The summed E-state index contributed by atoms with van der Waals surface area (Å²) in [5, 5.41) is 22.4. The Kier molecular flexibility index (Phi) is 8.30. The van der Waals surface area contributed by atoms with E-state index in [0.29, 0.717) is 26.1 Å². The number of amides is 1. The molecule has 3 N–H and O–H groups in total. The number of nitrogens with zero attached hydrogens (tertiary/aromatic N) is 1. The Bertz CT molecular complexity index is 635. The molecule has 0 bridgehead atoms. The topological polar surface area (TPSA) is 72.8 Å². The first-order valence-electron chi connectivity index (χ1n) is 9.41. The van der Waals surface area contributed by atoms with Gasteiger partial charge < -0.3 is 15.5 Å². The fourth-order valence-electron chi connectivity index (χ4n) is 3.24. The van der Waals surface area contributed by atoms with Crippen LogP contribution in [0.3, 0.4) is 0 Å². The normalized spacial score (nSPS) is 13.5. The van der Waals surface area contributed by atoms with Crippen molar-refractivity contribution in [3.63, 3.8) is 0 Å². The molecule has 2 rings (SSSR count). The zero-order valence-electron chi connectivity index (χ0n) is 16.1. The Labute approximate surface area is 161 Å². The minimum atomic E-state index is -1.10. The Hall–Kier alpha value is -2.37. The Morgan fingerprint density at radius 3 is 1.85 bits per heavy atom. The molecular formula is C22H30N2O3. The van der Waals surface area contributed by atoms with Crippen LogP contribution in [0.5, 0.6) is 0 Å². The van der Waals surface area contributed by atoms with Crippen LogP contribution in [-0.2, 0) is 13.1 Å². The highest BCUT2D eigenvalue weighted by Crippen LogP contribution is 2.14. The highest BCUT2D eigenvalue weighted by molar-refractivity contribution is 5.64. The quantitative estimate of drug-likeness (QED) is 0.596. The number of nitrogens with one attached hydrogen (secondary N) is 1. The van der Waals surface area contributed by atoms with Crippen molar-refractivity contribution in [1.82, 2.24) is 10.2 Å². The summed E-state index contributed by atoms with van der Waals surface area (Å²) in [4.78, 5) is 13.3. The van der Waals surface area contributed by atoms with Gasteiger partial charge in [-0.25, -0.2) is 4.79 Å². The molecule has 0 aliphatic rings. The van der Waals surface area contributed by atoms with Gasteiger partial charge in [0.05, 0.1) is 12.1 Å². The van der Waals surface area contributed by atoms with Crippen molar-refractivity contribution < 1.29 is 15.0 Å². The standard InChI is InChI=1S/C22H30N2O3/c1-17(2)13-20(23-22(26)27)21(25)16-24(14-18-9-5-3-6-10-18)15-19-11-7-4-8-12-19/h3-12,17,20-21,23,25H,13-16H2,1-2H3,(H,26,27)/t20?,21-/m0/s1. The lowest BCUT2D eigenvalue weighted by Gasteiger charge is -2.30. The average molecular weight is 370 g/mol. The van der Waals surface area contributed by atoms with Gasteiger partial charge in [-0.15, -0.1) is 0 Å². The first kappa shape index (κ1) is 20.9. The van der Waals surface area contributed by atoms with E-state index >= 15 is 0 Å². The van der Waals surface area contributed by atoms with Gasteiger partial charge in [0.2, 0.25) is 0 Å². The number of aliphatic hydroxyl groups is 1. The molecule has 5 nitrogen and oxygen atoms in total. The van der Waals surface area contributed by atoms with Gasteiger partial charge >= 0.3 is 6.09 Å². The summed E-state index contributed by atoms with van der Waals surface area (Å²) < 4.78 is 0. The summed E-state index contributed by atoms with van der Waals surface area (Å²) >= 11 is 0. The third-order valence-corrected chi connectivity index (χ3v) is 4.44. The van der Waals surface area contributed by atoms with Crippen LogP contribution < -0.4 is 5.32 Å². The van der Waals surface area contributed by atoms with Crippen LogP contribution in [0.25, 0.3) is 0 Å². The zero-order chi connectivity index (χ0) is 19.6. The molecule has 1 unspecified atom stereocenters. The summed E-state index contributed by atoms with van der Waals surface area (Å²) in [5.74, 6) is 0.285. The van der Waals surface area contributed by atoms with E-state index < -0.39 is 18.2 Å². The van der Waals surface area contributed by atoms with E-state index in [0.717, 1.165) is 11.1 Å². The second-order valence-electron chi connectivity index (χ2n) is 7.39. The van der Waals surface area contributed by atoms with Gasteiger partial charge in [0, 0.05) is 19.6 Å². The highest BCUT2D eigenvalue weighted by atomic mass is 16.4. The van der Waals surface area contributed by atoms with Crippen LogP contribution in [0.2, 0.25) is 0 Å². The third kappa shape index (κ3) is 7.81. The molecular weight excluding hydrogens is 340 g/mol. The number of hydrogen-bond acceptors (Lipinski definition) is 3. The highest BCUT2D eigenvalue weighted by Gasteiger charge is 2.24. The number of benzene rings is 2. The van der Waals surface area contributed by atoms with Gasteiger partial charge in [-0.05, 0) is 23.5 Å². The lowest BCUT2D eigenvalue weighted by Crippen LogP contribution is -2.48. The third-order valence-electron chi connectivity index (χ3n) is 4.44. The first-order chi connectivity index (χ1) is 12.9. The van der Waals surface area contributed by atoms with Crippen LogP contribution in [0.1, 0.15) is 31.4 Å². The second-order valence-corrected chi connectivity index (χ2v) is 7.39. The van der Waals surface area contributed by atoms with Crippen molar-refractivity contribution in [2.45, 2.75) is 45.5 Å². The summed E-state index contributed by atoms with van der Waals surface area (Å²) in [6.45, 7) is 5.81. The fraction of sp³-hybridized carbons (Fsp3) is 0.409. The molecule has 2 atom stereocenters. The van der Waals surface area contributed by atoms with Crippen molar-refractivity contribution in [2.24, 2.45) is 5.92 Å². The first-order valence-corrected chi connectivity index (χ1v) is 9.41. The minimum absolute atomic E-state index is 0.285. The second kappa shape index (κ2) is 10.7. The zero-order valence-corrected chi connectivity index (χ0v) is 16.1. The molecule has 5 heteroatoms. The number of rotatable bonds is 10. The van der Waals surface area contributed by atoms with E-state index in [1.54, 1.807) is 0 Å². The van der Waals surface area contributed by atoms with Crippen molar-refractivity contribution in [3.8, 4) is 0 Å². The predicted molar refractivity (Wildman–Crippen MR) is 107 cm³/mol. The predicted octanol–water partition coefficient (Wildman–Crippen LogP) is 3.73. The van der Waals surface area contributed by atoms with E-state index in [4.69, 9.17) is 5.11 Å². The maximum Gasteiger partial charge on any atom is 0.404 e. The molecule has 0 radical (unpaired) electrons. The van der Waals surface area contributed by atoms with Crippen LogP contribution in [0.15, 0.2) is 60.7 Å². The SMILES string of the molecule is CC(C)CC(NC(=O)O)[C@@H](O)CN(Cc1ccccc1)Cc1ccccc1. The van der Waals surface area contributed by atoms with Gasteiger partial charge in [0.1, 0.15) is 0 Å². The average Bonchev–Trinajstić information content (AvgIpc) is 2.62. The lowest BCUT2D eigenvalue weighted by molar-refractivity contribution is 0.0650. The number of carbonyl (C=O) groups is 1. The number of hydrogen-bond donors (Lipinski definition) is 3. The summed E-state index contributed by atoms with van der Waals surface area (Å²) in [5.41, 5.74) is 2.32. The van der Waals surface area contributed by atoms with Gasteiger partial charge in [-0.2, -0.15) is 0 Å². The van der Waals surface area contributed by atoms with Crippen LogP contribution in [0, 0.1) is 5.92 Å². The maximum atomic E-state index is 11.1. The van der Waals surface area contributed by atoms with E-state index in [2.05, 4.69) is 34.5 Å². The molecule has 0 heterocycles. The Morgan fingerprint density at radius 1 is 0.963 bits per heavy atom. The van der Waals surface area contributed by atoms with Gasteiger partial charge in [-0.1, -0.05) is 74.5 Å². The molecule has 0 aromatic heterocycles. The molecule has 1 amide bonds. The van der Waals surface area contributed by atoms with Crippen LogP contribution >= 0.6 is 0 Å². The maximum absolute atomic E-state index is 11.1. The molecule has 0 saturated heterocycles. The number of aliphatic hydroxyl groups excluding tert-OH is 1. The van der Waals surface area contributed by atoms with E-state index in [1.165, 1.54) is 0 Å². The molecule has 2 aromatic carbocycles. The monoisotopic (exact) mass is 370 g/mol. The number of carboxylic acid groups (broad SMARTS) is 1. The molecule has 27 heavy (non-hydrogen) atoms. The van der Waals surface area contributed by atoms with Gasteiger partial charge in [0.25, 0.3) is 0 Å². The van der Waals surface area contributed by atoms with Crippen LogP contribution in [0.4, 0.5) is 4.79 Å². The molecule has 146 valence electrons. The van der Waals surface area contributed by atoms with Crippen molar-refractivity contribution in [2.75, 3.05) is 6.54 Å². The molecule has 0 aliphatic carbocycles. The summed E-state index contributed by atoms with van der Waals surface area (Å²) in [6, 6.07) is 19.7. The molecule has 2 aromatic rings. The van der Waals surface area contributed by atoms with E-state index in [-0.39, 0.29) is 5.92 Å². The lowest BCUT2D eigenvalue weighted by atomic mass is 9.98. The summed E-state index contributed by atoms with van der Waals surface area (Å²) in [6.07, 6.45) is -1.29. The minimum Gasteiger partial charge on any atom is -0.465 e. The summed E-state index contributed by atoms with van der Waals surface area (Å²) in [7, 11) is 0. The Balaban J connectivity index is 2.11. The van der Waals surface area contributed by atoms with Gasteiger partial charge in [0.15, 0.2) is 0 Å². The Morgan fingerprint density at radius 2 is 1.44 bits per heavy atom. The largest absolute Gasteiger partial charge is 0.465 e. The molecule has 0 spiro atoms. The molecule has 0 aliphatic heterocycles.